The Morgan fingerprint density at radius 1 is 1.17 bits per heavy atom. The van der Waals surface area contributed by atoms with Crippen LogP contribution in [0, 0.1) is 5.82 Å². The minimum atomic E-state index is -1.50. The van der Waals surface area contributed by atoms with Crippen LogP contribution >= 0.6 is 0 Å². The normalized spacial score (nSPS) is 12.5. The van der Waals surface area contributed by atoms with E-state index in [9.17, 15) is 13.4 Å². The lowest BCUT2D eigenvalue weighted by atomic mass is 10.0. The fraction of sp³-hybridized carbons (Fsp3) is 0.190. The highest BCUT2D eigenvalue weighted by molar-refractivity contribution is 7.83. The standard InChI is InChI=1S/C21H21FN4O3S/c1-21(2,3)26-30(29)17-7-5-4-6-13(17)12-8-9-14(15(22)10-12)16-11-24-19(23)18(25-16)20(27)28/h4-11,26H,1-3H3,(H2,23,24)(H,27,28). The number of hydrogen-bond donors (Lipinski definition) is 3. The Bertz CT molecular complexity index is 1150. The van der Waals surface area contributed by atoms with Gasteiger partial charge in [0, 0.05) is 11.1 Å². The molecule has 0 aliphatic rings. The molecule has 9 heteroatoms. The van der Waals surface area contributed by atoms with Crippen LogP contribution in [0.4, 0.5) is 10.2 Å². The van der Waals surface area contributed by atoms with Crippen LogP contribution in [0.15, 0.2) is 53.6 Å². The molecule has 0 radical (unpaired) electrons. The highest BCUT2D eigenvalue weighted by Crippen LogP contribution is 2.30. The molecule has 1 unspecified atom stereocenters. The first-order chi connectivity index (χ1) is 14.1. The number of carboxylic acids is 1. The maximum Gasteiger partial charge on any atom is 0.358 e. The van der Waals surface area contributed by atoms with Crippen molar-refractivity contribution >= 4 is 22.8 Å². The van der Waals surface area contributed by atoms with Gasteiger partial charge in [0.2, 0.25) is 0 Å². The van der Waals surface area contributed by atoms with E-state index in [1.807, 2.05) is 20.8 Å². The van der Waals surface area contributed by atoms with Crippen molar-refractivity contribution in [2.75, 3.05) is 5.73 Å². The second kappa shape index (κ2) is 8.29. The molecule has 0 saturated heterocycles. The first-order valence-corrected chi connectivity index (χ1v) is 10.2. The molecule has 0 spiro atoms. The van der Waals surface area contributed by atoms with Gasteiger partial charge in [0.25, 0.3) is 0 Å². The number of anilines is 1. The van der Waals surface area contributed by atoms with Gasteiger partial charge in [0.1, 0.15) is 16.8 Å². The molecule has 1 heterocycles. The number of carboxylic acid groups (broad SMARTS) is 1. The zero-order chi connectivity index (χ0) is 22.1. The van der Waals surface area contributed by atoms with Crippen LogP contribution < -0.4 is 10.5 Å². The van der Waals surface area contributed by atoms with Gasteiger partial charge in [-0.25, -0.2) is 28.1 Å². The van der Waals surface area contributed by atoms with Crippen LogP contribution in [-0.2, 0) is 11.0 Å². The largest absolute Gasteiger partial charge is 0.476 e. The van der Waals surface area contributed by atoms with Crippen molar-refractivity contribution in [3.05, 3.63) is 60.2 Å². The molecule has 4 N–H and O–H groups in total. The molecule has 3 aromatic rings. The molecule has 0 saturated carbocycles. The van der Waals surface area contributed by atoms with Gasteiger partial charge in [-0.2, -0.15) is 0 Å². The zero-order valence-corrected chi connectivity index (χ0v) is 17.5. The number of aromatic carboxylic acids is 1. The Labute approximate surface area is 175 Å². The topological polar surface area (TPSA) is 118 Å². The minimum Gasteiger partial charge on any atom is -0.476 e. The minimum absolute atomic E-state index is 0.0527. The van der Waals surface area contributed by atoms with Crippen molar-refractivity contribution < 1.29 is 18.5 Å². The van der Waals surface area contributed by atoms with Crippen molar-refractivity contribution in [2.24, 2.45) is 0 Å². The summed E-state index contributed by atoms with van der Waals surface area (Å²) in [5.74, 6) is -2.21. The molecule has 0 fully saturated rings. The summed E-state index contributed by atoms with van der Waals surface area (Å²) in [5.41, 5.74) is 5.98. The van der Waals surface area contributed by atoms with Crippen molar-refractivity contribution in [3.8, 4) is 22.4 Å². The van der Waals surface area contributed by atoms with Gasteiger partial charge < -0.3 is 10.8 Å². The van der Waals surface area contributed by atoms with Gasteiger partial charge in [-0.05, 0) is 50.1 Å². The summed E-state index contributed by atoms with van der Waals surface area (Å²) in [4.78, 5) is 19.4. The molecule has 156 valence electrons. The van der Waals surface area contributed by atoms with Gasteiger partial charge in [-0.3, -0.25) is 0 Å². The molecule has 0 aliphatic heterocycles. The average molecular weight is 428 g/mol. The summed E-state index contributed by atoms with van der Waals surface area (Å²) in [6.07, 6.45) is 1.22. The van der Waals surface area contributed by atoms with Gasteiger partial charge >= 0.3 is 5.97 Å². The first-order valence-electron chi connectivity index (χ1n) is 9.01. The lowest BCUT2D eigenvalue weighted by Gasteiger charge is -2.20. The van der Waals surface area contributed by atoms with E-state index in [1.165, 1.54) is 18.3 Å². The summed E-state index contributed by atoms with van der Waals surface area (Å²) in [7, 11) is -1.50. The molecule has 30 heavy (non-hydrogen) atoms. The summed E-state index contributed by atoms with van der Waals surface area (Å²) in [6.45, 7) is 5.71. The SMILES string of the molecule is CC(C)(C)NS(=O)c1ccccc1-c1ccc(-c2cnc(N)c(C(=O)O)n2)c(F)c1. The van der Waals surface area contributed by atoms with Crippen LogP contribution in [-0.4, -0.2) is 30.8 Å². The second-order valence-electron chi connectivity index (χ2n) is 7.61. The van der Waals surface area contributed by atoms with Gasteiger partial charge in [0.15, 0.2) is 11.5 Å². The molecule has 2 aromatic carbocycles. The van der Waals surface area contributed by atoms with Crippen molar-refractivity contribution in [1.29, 1.82) is 0 Å². The number of nitrogens with zero attached hydrogens (tertiary/aromatic N) is 2. The molecule has 1 aromatic heterocycles. The maximum atomic E-state index is 14.9. The van der Waals surface area contributed by atoms with Crippen molar-refractivity contribution in [1.82, 2.24) is 14.7 Å². The second-order valence-corrected chi connectivity index (χ2v) is 8.79. The zero-order valence-electron chi connectivity index (χ0n) is 16.6. The van der Waals surface area contributed by atoms with Gasteiger partial charge in [-0.1, -0.05) is 24.3 Å². The Morgan fingerprint density at radius 3 is 2.50 bits per heavy atom. The number of aromatic nitrogens is 2. The summed E-state index contributed by atoms with van der Waals surface area (Å²) < 4.78 is 30.7. The molecule has 7 nitrogen and oxygen atoms in total. The number of nitrogens with two attached hydrogens (primary N) is 1. The van der Waals surface area contributed by atoms with E-state index in [-0.39, 0.29) is 22.6 Å². The van der Waals surface area contributed by atoms with Gasteiger partial charge in [0.05, 0.1) is 16.8 Å². The number of hydrogen-bond acceptors (Lipinski definition) is 5. The van der Waals surface area contributed by atoms with E-state index >= 15 is 0 Å². The van der Waals surface area contributed by atoms with Crippen molar-refractivity contribution in [3.63, 3.8) is 0 Å². The third-order valence-electron chi connectivity index (χ3n) is 4.05. The van der Waals surface area contributed by atoms with E-state index in [0.717, 1.165) is 0 Å². The predicted molar refractivity (Wildman–Crippen MR) is 114 cm³/mol. The Hall–Kier alpha value is -3.17. The quantitative estimate of drug-likeness (QED) is 0.571. The van der Waals surface area contributed by atoms with E-state index in [2.05, 4.69) is 14.7 Å². The Balaban J connectivity index is 2.02. The number of halogens is 1. The van der Waals surface area contributed by atoms with Crippen LogP contribution in [0.1, 0.15) is 31.3 Å². The number of nitrogen functional groups attached to an aromatic ring is 1. The number of carbonyl (C=O) groups is 1. The lowest BCUT2D eigenvalue weighted by molar-refractivity contribution is 0.0691. The van der Waals surface area contributed by atoms with E-state index in [0.29, 0.717) is 16.0 Å². The Morgan fingerprint density at radius 2 is 1.87 bits per heavy atom. The van der Waals surface area contributed by atoms with Crippen LogP contribution in [0.3, 0.4) is 0 Å². The summed E-state index contributed by atoms with van der Waals surface area (Å²) in [5, 5.41) is 9.15. The van der Waals surface area contributed by atoms with Crippen LogP contribution in [0.2, 0.25) is 0 Å². The molecule has 3 rings (SSSR count). The molecule has 0 amide bonds. The molecule has 0 aliphatic carbocycles. The number of nitrogens with one attached hydrogen (secondary N) is 1. The summed E-state index contributed by atoms with van der Waals surface area (Å²) in [6, 6.07) is 11.5. The fourth-order valence-corrected chi connectivity index (χ4v) is 4.03. The predicted octanol–water partition coefficient (Wildman–Crippen LogP) is 3.64. The van der Waals surface area contributed by atoms with Crippen LogP contribution in [0.5, 0.6) is 0 Å². The van der Waals surface area contributed by atoms with Gasteiger partial charge in [-0.15, -0.1) is 0 Å². The molecular weight excluding hydrogens is 407 g/mol. The molecule has 0 bridgehead atoms. The molecule has 1 atom stereocenters. The van der Waals surface area contributed by atoms with Crippen molar-refractivity contribution in [2.45, 2.75) is 31.2 Å². The van der Waals surface area contributed by atoms with E-state index < -0.39 is 28.5 Å². The highest BCUT2D eigenvalue weighted by Gasteiger charge is 2.19. The maximum absolute atomic E-state index is 14.9. The van der Waals surface area contributed by atoms with E-state index in [4.69, 9.17) is 10.8 Å². The lowest BCUT2D eigenvalue weighted by Crippen LogP contribution is -2.37. The smallest absolute Gasteiger partial charge is 0.358 e. The third-order valence-corrected chi connectivity index (χ3v) is 5.60. The fourth-order valence-electron chi connectivity index (χ4n) is 2.78. The number of rotatable bonds is 5. The monoisotopic (exact) mass is 428 g/mol. The summed E-state index contributed by atoms with van der Waals surface area (Å²) >= 11 is 0. The van der Waals surface area contributed by atoms with E-state index in [1.54, 1.807) is 30.3 Å². The third kappa shape index (κ3) is 4.69. The highest BCUT2D eigenvalue weighted by atomic mass is 32.2. The number of benzene rings is 2. The Kier molecular flexibility index (Phi) is 5.95. The first kappa shape index (κ1) is 21.5. The molecular formula is C21H21FN4O3S. The average Bonchev–Trinajstić information content (AvgIpc) is 2.67. The van der Waals surface area contributed by atoms with Crippen LogP contribution in [0.25, 0.3) is 22.4 Å².